The molecular weight excluding hydrogens is 298 g/mol. The Balaban J connectivity index is 2.19. The van der Waals surface area contributed by atoms with Gasteiger partial charge in [-0.2, -0.15) is 0 Å². The fraction of sp³-hybridized carbons (Fsp3) is 0.500. The Kier molecular flexibility index (Phi) is 3.59. The van der Waals surface area contributed by atoms with E-state index in [9.17, 15) is 4.79 Å². The molecule has 5 nitrogen and oxygen atoms in total. The number of nitrogens with two attached hydrogens (primary N) is 1. The average Bonchev–Trinajstić information content (AvgIpc) is 2.62. The maximum Gasteiger partial charge on any atom is 0.255 e. The van der Waals surface area contributed by atoms with Crippen LogP contribution in [0.1, 0.15) is 30.6 Å². The average molecular weight is 314 g/mol. The highest BCUT2D eigenvalue weighted by molar-refractivity contribution is 9.10. The van der Waals surface area contributed by atoms with Gasteiger partial charge in [-0.1, -0.05) is 0 Å². The largest absolute Gasteiger partial charge is 0.383 e. The Morgan fingerprint density at radius 1 is 1.72 bits per heavy atom. The Morgan fingerprint density at radius 2 is 2.44 bits per heavy atom. The predicted molar refractivity (Wildman–Crippen MR) is 72.3 cm³/mol. The summed E-state index contributed by atoms with van der Waals surface area (Å²) < 4.78 is 6.21. The molecule has 0 saturated carbocycles. The minimum Gasteiger partial charge on any atom is -0.383 e. The van der Waals surface area contributed by atoms with Crippen LogP contribution in [0.4, 0.5) is 5.82 Å². The number of nitrogen functional groups attached to an aromatic ring is 1. The van der Waals surface area contributed by atoms with E-state index in [1.165, 1.54) is 0 Å². The summed E-state index contributed by atoms with van der Waals surface area (Å²) in [5, 5.41) is 2.98. The summed E-state index contributed by atoms with van der Waals surface area (Å²) in [7, 11) is 0. The molecule has 1 fully saturated rings. The van der Waals surface area contributed by atoms with Crippen molar-refractivity contribution in [3.8, 4) is 0 Å². The lowest BCUT2D eigenvalue weighted by Gasteiger charge is -2.29. The molecule has 3 N–H and O–H groups in total. The second-order valence-corrected chi connectivity index (χ2v) is 5.64. The lowest BCUT2D eigenvalue weighted by molar-refractivity contribution is 0.0728. The van der Waals surface area contributed by atoms with E-state index >= 15 is 0 Å². The van der Waals surface area contributed by atoms with Gasteiger partial charge in [0.25, 0.3) is 5.91 Å². The van der Waals surface area contributed by atoms with Crippen LogP contribution in [0.25, 0.3) is 0 Å². The molecule has 1 aromatic heterocycles. The van der Waals surface area contributed by atoms with Gasteiger partial charge in [0, 0.05) is 17.3 Å². The van der Waals surface area contributed by atoms with Gasteiger partial charge in [0.1, 0.15) is 5.82 Å². The third-order valence-electron chi connectivity index (χ3n) is 3.42. The quantitative estimate of drug-likeness (QED) is 0.871. The number of carbonyl (C=O) groups excluding carboxylic acids is 1. The van der Waals surface area contributed by atoms with E-state index in [0.717, 1.165) is 10.9 Å². The van der Waals surface area contributed by atoms with Crippen LogP contribution in [-0.2, 0) is 4.74 Å². The SMILES string of the molecule is CC1OCCC1(C)NC(=O)c1cc(Br)cnc1N. The van der Waals surface area contributed by atoms with Crippen LogP contribution < -0.4 is 11.1 Å². The van der Waals surface area contributed by atoms with Crippen molar-refractivity contribution in [2.75, 3.05) is 12.3 Å². The van der Waals surface area contributed by atoms with Gasteiger partial charge in [0.2, 0.25) is 0 Å². The molecule has 18 heavy (non-hydrogen) atoms. The van der Waals surface area contributed by atoms with Gasteiger partial charge < -0.3 is 15.8 Å². The lowest BCUT2D eigenvalue weighted by atomic mass is 9.94. The van der Waals surface area contributed by atoms with Crippen molar-refractivity contribution in [3.05, 3.63) is 22.3 Å². The molecule has 0 spiro atoms. The first-order chi connectivity index (χ1) is 8.42. The van der Waals surface area contributed by atoms with Crippen LogP contribution in [0.15, 0.2) is 16.7 Å². The van der Waals surface area contributed by atoms with Crippen LogP contribution in [0.5, 0.6) is 0 Å². The van der Waals surface area contributed by atoms with E-state index in [4.69, 9.17) is 10.5 Å². The van der Waals surface area contributed by atoms with Gasteiger partial charge >= 0.3 is 0 Å². The number of hydrogen-bond donors (Lipinski definition) is 2. The van der Waals surface area contributed by atoms with Crippen molar-refractivity contribution < 1.29 is 9.53 Å². The van der Waals surface area contributed by atoms with Crippen molar-refractivity contribution in [2.45, 2.75) is 31.9 Å². The first kappa shape index (κ1) is 13.3. The van der Waals surface area contributed by atoms with Crippen LogP contribution in [0.2, 0.25) is 0 Å². The molecule has 0 radical (unpaired) electrons. The van der Waals surface area contributed by atoms with Crippen molar-refractivity contribution in [1.82, 2.24) is 10.3 Å². The number of amides is 1. The maximum atomic E-state index is 12.2. The number of aromatic nitrogens is 1. The third-order valence-corrected chi connectivity index (χ3v) is 3.85. The highest BCUT2D eigenvalue weighted by Crippen LogP contribution is 2.26. The zero-order valence-electron chi connectivity index (χ0n) is 10.4. The highest BCUT2D eigenvalue weighted by atomic mass is 79.9. The fourth-order valence-electron chi connectivity index (χ4n) is 1.96. The van der Waals surface area contributed by atoms with E-state index in [2.05, 4.69) is 26.2 Å². The molecular formula is C12H16BrN3O2. The van der Waals surface area contributed by atoms with Gasteiger partial charge in [-0.05, 0) is 42.3 Å². The Labute approximate surface area is 114 Å². The van der Waals surface area contributed by atoms with Crippen molar-refractivity contribution >= 4 is 27.7 Å². The molecule has 0 aliphatic carbocycles. The van der Waals surface area contributed by atoms with E-state index in [1.54, 1.807) is 12.3 Å². The molecule has 2 heterocycles. The smallest absolute Gasteiger partial charge is 0.255 e. The topological polar surface area (TPSA) is 77.2 Å². The van der Waals surface area contributed by atoms with Crippen LogP contribution >= 0.6 is 15.9 Å². The number of carbonyl (C=O) groups is 1. The number of pyridine rings is 1. The molecule has 2 unspecified atom stereocenters. The Morgan fingerprint density at radius 3 is 3.06 bits per heavy atom. The van der Waals surface area contributed by atoms with Crippen molar-refractivity contribution in [2.24, 2.45) is 0 Å². The first-order valence-electron chi connectivity index (χ1n) is 5.77. The number of nitrogens with zero attached hydrogens (tertiary/aromatic N) is 1. The van der Waals surface area contributed by atoms with Crippen LogP contribution in [0.3, 0.4) is 0 Å². The molecule has 1 saturated heterocycles. The second kappa shape index (κ2) is 4.85. The maximum absolute atomic E-state index is 12.2. The van der Waals surface area contributed by atoms with Gasteiger partial charge in [0.15, 0.2) is 0 Å². The Bertz CT molecular complexity index is 480. The zero-order valence-corrected chi connectivity index (χ0v) is 12.0. The summed E-state index contributed by atoms with van der Waals surface area (Å²) in [6, 6.07) is 1.67. The number of halogens is 1. The molecule has 98 valence electrons. The molecule has 2 rings (SSSR count). The zero-order chi connectivity index (χ0) is 13.3. The lowest BCUT2D eigenvalue weighted by Crippen LogP contribution is -2.50. The summed E-state index contributed by atoms with van der Waals surface area (Å²) >= 11 is 3.28. The molecule has 1 aliphatic rings. The van der Waals surface area contributed by atoms with E-state index in [-0.39, 0.29) is 23.4 Å². The van der Waals surface area contributed by atoms with E-state index in [1.807, 2.05) is 13.8 Å². The van der Waals surface area contributed by atoms with Crippen LogP contribution in [0, 0.1) is 0 Å². The summed E-state index contributed by atoms with van der Waals surface area (Å²) in [5.41, 5.74) is 5.74. The normalized spacial score (nSPS) is 27.2. The minimum absolute atomic E-state index is 0.0113. The highest BCUT2D eigenvalue weighted by Gasteiger charge is 2.38. The summed E-state index contributed by atoms with van der Waals surface area (Å²) in [6.07, 6.45) is 2.35. The molecule has 0 aromatic carbocycles. The van der Waals surface area contributed by atoms with Gasteiger partial charge in [-0.25, -0.2) is 4.98 Å². The number of nitrogens with one attached hydrogen (secondary N) is 1. The number of hydrogen-bond acceptors (Lipinski definition) is 4. The molecule has 6 heteroatoms. The first-order valence-corrected chi connectivity index (χ1v) is 6.57. The standard InChI is InChI=1S/C12H16BrN3O2/c1-7-12(2,3-4-18-7)16-11(17)9-5-8(13)6-15-10(9)14/h5-7H,3-4H2,1-2H3,(H2,14,15)(H,16,17). The van der Waals surface area contributed by atoms with E-state index < -0.39 is 0 Å². The molecule has 0 bridgehead atoms. The second-order valence-electron chi connectivity index (χ2n) is 4.72. The number of rotatable bonds is 2. The monoisotopic (exact) mass is 313 g/mol. The summed E-state index contributed by atoms with van der Waals surface area (Å²) in [6.45, 7) is 4.59. The Hall–Kier alpha value is -1.14. The van der Waals surface area contributed by atoms with Gasteiger partial charge in [0.05, 0.1) is 17.2 Å². The number of ether oxygens (including phenoxy) is 1. The molecule has 1 aliphatic heterocycles. The number of anilines is 1. The molecule has 1 amide bonds. The summed E-state index contributed by atoms with van der Waals surface area (Å²) in [4.78, 5) is 16.2. The fourth-order valence-corrected chi connectivity index (χ4v) is 2.29. The predicted octanol–water partition coefficient (Wildman–Crippen LogP) is 1.72. The van der Waals surface area contributed by atoms with Crippen LogP contribution in [-0.4, -0.2) is 29.1 Å². The van der Waals surface area contributed by atoms with E-state index in [0.29, 0.717) is 12.2 Å². The molecule has 2 atom stereocenters. The summed E-state index contributed by atoms with van der Waals surface area (Å²) in [5.74, 6) is 0.00650. The molecule has 1 aromatic rings. The van der Waals surface area contributed by atoms with Gasteiger partial charge in [-0.15, -0.1) is 0 Å². The minimum atomic E-state index is -0.355. The van der Waals surface area contributed by atoms with Crippen molar-refractivity contribution in [3.63, 3.8) is 0 Å². The third kappa shape index (κ3) is 2.49. The van der Waals surface area contributed by atoms with Gasteiger partial charge in [-0.3, -0.25) is 4.79 Å². The van der Waals surface area contributed by atoms with Crippen molar-refractivity contribution in [1.29, 1.82) is 0 Å².